The van der Waals surface area contributed by atoms with Crippen molar-refractivity contribution in [1.29, 1.82) is 0 Å². The van der Waals surface area contributed by atoms with E-state index in [1.807, 2.05) is 12.3 Å². The third-order valence-corrected chi connectivity index (χ3v) is 11.6. The number of fused-ring (bicyclic) bond motifs is 3. The van der Waals surface area contributed by atoms with Crippen LogP contribution < -0.4 is 11.1 Å². The van der Waals surface area contributed by atoms with E-state index in [0.717, 1.165) is 12.1 Å². The van der Waals surface area contributed by atoms with Gasteiger partial charge < -0.3 is 36.6 Å². The average Bonchev–Trinajstić information content (AvgIpc) is 3.37. The van der Waals surface area contributed by atoms with Crippen molar-refractivity contribution >= 4 is 39.6 Å². The molecular formula is C30H39N3O8S. The number of aromatic hydroxyl groups is 1. The van der Waals surface area contributed by atoms with Gasteiger partial charge in [-0.15, -0.1) is 11.3 Å². The average molecular weight is 602 g/mol. The molecule has 1 amide bonds. The van der Waals surface area contributed by atoms with Crippen LogP contribution in [-0.4, -0.2) is 71.9 Å². The summed E-state index contributed by atoms with van der Waals surface area (Å²) in [7, 11) is 0. The number of nitrogens with two attached hydrogens (primary N) is 1. The number of thiazole rings is 1. The number of ketones is 2. The SMILES string of the molecule is CCc1csc(Nc2ccc3c(c2O)C(=O)C2C(O)[C@@]4(O)C(=O)C(C(N)=O)C(O)[C@H](C(C)C)[C@@]4(C)[C@H](O)[C@@]2(C)[C@@H]3C)n1. The molecule has 0 spiro atoms. The number of carbonyl (C=O) groups excluding carboxylic acids is 3. The molecule has 2 aromatic rings. The summed E-state index contributed by atoms with van der Waals surface area (Å²) in [5.74, 6) is -9.19. The van der Waals surface area contributed by atoms with Crippen LogP contribution in [0.4, 0.5) is 10.8 Å². The highest BCUT2D eigenvalue weighted by Gasteiger charge is 2.80. The lowest BCUT2D eigenvalue weighted by molar-refractivity contribution is -0.306. The number of phenols is 1. The van der Waals surface area contributed by atoms with E-state index < -0.39 is 81.8 Å². The first-order chi connectivity index (χ1) is 19.5. The molecule has 0 radical (unpaired) electrons. The van der Waals surface area contributed by atoms with Crippen molar-refractivity contribution in [2.75, 3.05) is 5.32 Å². The quantitative estimate of drug-likeness (QED) is 0.196. The maximum atomic E-state index is 14.3. The number of aryl methyl sites for hydroxylation is 1. The minimum absolute atomic E-state index is 0.101. The summed E-state index contributed by atoms with van der Waals surface area (Å²) in [6, 6.07) is 3.28. The van der Waals surface area contributed by atoms with Gasteiger partial charge in [-0.2, -0.15) is 0 Å². The molecule has 8 N–H and O–H groups in total. The first kappa shape index (κ1) is 30.6. The monoisotopic (exact) mass is 601 g/mol. The molecule has 5 rings (SSSR count). The highest BCUT2D eigenvalue weighted by molar-refractivity contribution is 7.13. The molecule has 2 fully saturated rings. The maximum Gasteiger partial charge on any atom is 0.230 e. The number of rotatable bonds is 5. The Labute approximate surface area is 247 Å². The van der Waals surface area contributed by atoms with E-state index in [9.17, 15) is 39.9 Å². The number of Topliss-reactive ketones (excluding diaryl/α,β-unsaturated/α-hetero) is 2. The largest absolute Gasteiger partial charge is 0.505 e. The third kappa shape index (κ3) is 3.59. The van der Waals surface area contributed by atoms with Gasteiger partial charge >= 0.3 is 0 Å². The van der Waals surface area contributed by atoms with Crippen molar-refractivity contribution in [3.63, 3.8) is 0 Å². The number of nitrogens with zero attached hydrogens (tertiary/aromatic N) is 1. The van der Waals surface area contributed by atoms with Crippen LogP contribution in [0, 0.1) is 34.5 Å². The number of benzene rings is 1. The summed E-state index contributed by atoms with van der Waals surface area (Å²) in [5.41, 5.74) is 0.733. The number of aromatic nitrogens is 1. The molecule has 4 unspecified atom stereocenters. The van der Waals surface area contributed by atoms with Crippen LogP contribution in [0.5, 0.6) is 5.75 Å². The number of aliphatic hydroxyl groups is 4. The van der Waals surface area contributed by atoms with Crippen LogP contribution in [-0.2, 0) is 16.0 Å². The number of anilines is 2. The number of aliphatic hydroxyl groups excluding tert-OH is 3. The van der Waals surface area contributed by atoms with Crippen LogP contribution >= 0.6 is 11.3 Å². The molecular weight excluding hydrogens is 562 g/mol. The minimum Gasteiger partial charge on any atom is -0.505 e. The van der Waals surface area contributed by atoms with Crippen LogP contribution in [0.15, 0.2) is 17.5 Å². The van der Waals surface area contributed by atoms with Crippen LogP contribution in [0.3, 0.4) is 0 Å². The van der Waals surface area contributed by atoms with Gasteiger partial charge in [-0.3, -0.25) is 14.4 Å². The number of phenolic OH excluding ortho intramolecular Hbond substituents is 1. The van der Waals surface area contributed by atoms with Crippen molar-refractivity contribution in [1.82, 2.24) is 4.98 Å². The van der Waals surface area contributed by atoms with E-state index in [1.54, 1.807) is 39.8 Å². The van der Waals surface area contributed by atoms with Crippen LogP contribution in [0.2, 0.25) is 0 Å². The Balaban J connectivity index is 1.70. The summed E-state index contributed by atoms with van der Waals surface area (Å²) < 4.78 is 0. The first-order valence-corrected chi connectivity index (χ1v) is 15.1. The van der Waals surface area contributed by atoms with E-state index in [-0.39, 0.29) is 17.0 Å². The molecule has 228 valence electrons. The molecule has 12 heteroatoms. The van der Waals surface area contributed by atoms with E-state index >= 15 is 0 Å². The highest BCUT2D eigenvalue weighted by atomic mass is 32.1. The summed E-state index contributed by atoms with van der Waals surface area (Å²) in [5, 5.41) is 64.5. The van der Waals surface area contributed by atoms with Gasteiger partial charge in [-0.25, -0.2) is 4.98 Å². The van der Waals surface area contributed by atoms with Gasteiger partial charge in [0, 0.05) is 16.2 Å². The molecule has 0 saturated heterocycles. The Morgan fingerprint density at radius 2 is 1.83 bits per heavy atom. The van der Waals surface area contributed by atoms with E-state index in [4.69, 9.17) is 5.73 Å². The Hall–Kier alpha value is -2.90. The van der Waals surface area contributed by atoms with Gasteiger partial charge in [-0.05, 0) is 35.8 Å². The van der Waals surface area contributed by atoms with E-state index in [2.05, 4.69) is 10.3 Å². The predicted molar refractivity (Wildman–Crippen MR) is 154 cm³/mol. The molecule has 11 nitrogen and oxygen atoms in total. The molecule has 10 atom stereocenters. The lowest BCUT2D eigenvalue weighted by Crippen LogP contribution is -2.83. The second-order valence-electron chi connectivity index (χ2n) is 12.9. The highest BCUT2D eigenvalue weighted by Crippen LogP contribution is 2.68. The summed E-state index contributed by atoms with van der Waals surface area (Å²) in [6.45, 7) is 10.2. The Morgan fingerprint density at radius 1 is 1.19 bits per heavy atom. The molecule has 42 heavy (non-hydrogen) atoms. The molecule has 3 aliphatic carbocycles. The molecule has 0 bridgehead atoms. The lowest BCUT2D eigenvalue weighted by atomic mass is 9.36. The normalized spacial score (nSPS) is 39.5. The van der Waals surface area contributed by atoms with Crippen molar-refractivity contribution in [3.05, 3.63) is 34.3 Å². The Kier molecular flexibility index (Phi) is 7.14. The number of amides is 1. The van der Waals surface area contributed by atoms with Gasteiger partial charge in [0.2, 0.25) is 5.91 Å². The summed E-state index contributed by atoms with van der Waals surface area (Å²) in [4.78, 5) is 45.0. The molecule has 3 aliphatic rings. The van der Waals surface area contributed by atoms with Crippen molar-refractivity contribution in [3.8, 4) is 5.75 Å². The molecule has 1 aromatic heterocycles. The lowest BCUT2D eigenvalue weighted by Gasteiger charge is -2.69. The van der Waals surface area contributed by atoms with Gasteiger partial charge in [0.25, 0.3) is 0 Å². The van der Waals surface area contributed by atoms with Crippen molar-refractivity contribution in [2.24, 2.45) is 40.2 Å². The number of primary amides is 1. The zero-order chi connectivity index (χ0) is 31.3. The second kappa shape index (κ2) is 9.81. The number of nitrogens with one attached hydrogen (secondary N) is 1. The Bertz CT molecular complexity index is 1480. The second-order valence-corrected chi connectivity index (χ2v) is 13.7. The predicted octanol–water partition coefficient (Wildman–Crippen LogP) is 1.87. The van der Waals surface area contributed by atoms with Gasteiger partial charge in [0.15, 0.2) is 22.3 Å². The van der Waals surface area contributed by atoms with Gasteiger partial charge in [0.05, 0.1) is 35.1 Å². The maximum absolute atomic E-state index is 14.3. The summed E-state index contributed by atoms with van der Waals surface area (Å²) >= 11 is 1.33. The zero-order valence-corrected chi connectivity index (χ0v) is 25.3. The van der Waals surface area contributed by atoms with Crippen LogP contribution in [0.1, 0.15) is 69.1 Å². The fourth-order valence-corrected chi connectivity index (χ4v) is 9.31. The van der Waals surface area contributed by atoms with Crippen LogP contribution in [0.25, 0.3) is 0 Å². The third-order valence-electron chi connectivity index (χ3n) is 10.8. The van der Waals surface area contributed by atoms with Crippen molar-refractivity contribution in [2.45, 2.75) is 77.8 Å². The number of carbonyl (C=O) groups is 3. The first-order valence-electron chi connectivity index (χ1n) is 14.2. The molecule has 2 saturated carbocycles. The molecule has 0 aliphatic heterocycles. The standard InChI is InChI=1S/C30H39N3O8S/c1-7-13-10-42-27(32-13)33-15-9-8-14-12(4)28(5)19(21(35)16(14)20(15)34)24(38)30(41)23(37)17(25(31)39)22(36)18(11(2)3)29(30,6)26(28)40/h8-12,17-19,22,24,26,34,36,38,40-41H,7H2,1-6H3,(H2,31,39)(H,32,33)/t12-,17?,18+,19?,22?,24?,26-,28+,29+,30+/m1/s1. The van der Waals surface area contributed by atoms with Gasteiger partial charge in [0.1, 0.15) is 17.8 Å². The smallest absolute Gasteiger partial charge is 0.230 e. The van der Waals surface area contributed by atoms with Gasteiger partial charge in [-0.1, -0.05) is 47.6 Å². The molecule has 1 heterocycles. The fraction of sp³-hybridized carbons (Fsp3) is 0.600. The molecule has 1 aromatic carbocycles. The number of hydrogen-bond acceptors (Lipinski definition) is 11. The minimum atomic E-state index is -2.82. The topological polar surface area (TPSA) is 203 Å². The fourth-order valence-electron chi connectivity index (χ4n) is 8.50. The zero-order valence-electron chi connectivity index (χ0n) is 24.5. The van der Waals surface area contributed by atoms with E-state index in [0.29, 0.717) is 10.7 Å². The van der Waals surface area contributed by atoms with Crippen molar-refractivity contribution < 1.29 is 39.9 Å². The summed E-state index contributed by atoms with van der Waals surface area (Å²) in [6.07, 6.45) is -4.63. The number of hydrogen-bond donors (Lipinski definition) is 7. The van der Waals surface area contributed by atoms with E-state index in [1.165, 1.54) is 18.3 Å². The Morgan fingerprint density at radius 3 is 2.38 bits per heavy atom.